The Hall–Kier alpha value is -2.60. The molecule has 2 heterocycles. The zero-order chi connectivity index (χ0) is 35.3. The SMILES string of the molecule is C/C=C(\c1c(C)ncnc1N1CCN(C(=O)OC(C)(C)C)CC1)C(C)CC.CC.CCCCC(C)C.CCCc1cccc(Cl)c1. The zero-order valence-electron chi connectivity index (χ0n) is 31.7. The summed E-state index contributed by atoms with van der Waals surface area (Å²) >= 11 is 5.78. The summed E-state index contributed by atoms with van der Waals surface area (Å²) in [7, 11) is 0. The molecule has 262 valence electrons. The first-order valence-corrected chi connectivity index (χ1v) is 18.1. The lowest BCUT2D eigenvalue weighted by Crippen LogP contribution is -2.50. The normalized spacial score (nSPS) is 13.8. The van der Waals surface area contributed by atoms with Gasteiger partial charge in [0.1, 0.15) is 17.7 Å². The van der Waals surface area contributed by atoms with Gasteiger partial charge in [-0.05, 0) is 82.6 Å². The highest BCUT2D eigenvalue weighted by atomic mass is 35.5. The molecule has 0 N–H and O–H groups in total. The number of piperazine rings is 1. The minimum atomic E-state index is -0.470. The summed E-state index contributed by atoms with van der Waals surface area (Å²) in [5.74, 6) is 2.32. The molecule has 1 unspecified atom stereocenters. The number of aromatic nitrogens is 2. The number of aryl methyl sites for hydroxylation is 2. The van der Waals surface area contributed by atoms with Crippen molar-refractivity contribution in [3.05, 3.63) is 58.5 Å². The summed E-state index contributed by atoms with van der Waals surface area (Å²) in [5, 5.41) is 0.839. The highest BCUT2D eigenvalue weighted by Crippen LogP contribution is 2.34. The maximum atomic E-state index is 12.3. The fourth-order valence-corrected chi connectivity index (χ4v) is 5.17. The molecule has 2 aromatic rings. The predicted molar refractivity (Wildman–Crippen MR) is 201 cm³/mol. The average molecular weight is 659 g/mol. The summed E-state index contributed by atoms with van der Waals surface area (Å²) in [5.41, 5.74) is 4.29. The van der Waals surface area contributed by atoms with Crippen LogP contribution in [0.25, 0.3) is 5.57 Å². The standard InChI is InChI=1S/C21H34N4O2.C9H11Cl.C7H16.C2H6/c1-8-15(3)17(9-2)18-16(4)22-14-23-19(18)24-10-12-25(13-11-24)20(26)27-21(5,6)7;1-2-4-8-5-3-6-9(10)7-8;1-4-5-6-7(2)3;1-2/h9,14-15H,8,10-13H2,1-7H3;3,5-7H,2,4H2,1H3;7H,4-6H2,1-3H3;1-2H3/b17-9-;;;. The predicted octanol–water partition coefficient (Wildman–Crippen LogP) is 11.4. The van der Waals surface area contributed by atoms with Crippen LogP contribution in [0.3, 0.4) is 0 Å². The Kier molecular flexibility index (Phi) is 22.3. The molecule has 0 aliphatic carbocycles. The van der Waals surface area contributed by atoms with E-state index in [1.807, 2.05) is 59.7 Å². The first-order valence-electron chi connectivity index (χ1n) is 17.7. The van der Waals surface area contributed by atoms with Gasteiger partial charge in [0.05, 0.1) is 5.69 Å². The minimum absolute atomic E-state index is 0.241. The van der Waals surface area contributed by atoms with Crippen LogP contribution >= 0.6 is 11.6 Å². The number of nitrogens with zero attached hydrogens (tertiary/aromatic N) is 4. The van der Waals surface area contributed by atoms with Gasteiger partial charge in [0.25, 0.3) is 0 Å². The Labute approximate surface area is 288 Å². The fourth-order valence-electron chi connectivity index (χ4n) is 4.95. The number of carbonyl (C=O) groups is 1. The van der Waals surface area contributed by atoms with Crippen LogP contribution < -0.4 is 4.90 Å². The number of rotatable bonds is 9. The number of halogens is 1. The smallest absolute Gasteiger partial charge is 0.410 e. The average Bonchev–Trinajstić information content (AvgIpc) is 3.02. The lowest BCUT2D eigenvalue weighted by atomic mass is 9.90. The maximum Gasteiger partial charge on any atom is 0.410 e. The molecule has 1 aromatic heterocycles. The van der Waals surface area contributed by atoms with Crippen LogP contribution in [0.4, 0.5) is 10.6 Å². The van der Waals surface area contributed by atoms with Crippen molar-refractivity contribution in [3.8, 4) is 0 Å². The zero-order valence-corrected chi connectivity index (χ0v) is 32.4. The molecule has 1 aromatic carbocycles. The van der Waals surface area contributed by atoms with Gasteiger partial charge in [-0.25, -0.2) is 14.8 Å². The van der Waals surface area contributed by atoms with E-state index in [9.17, 15) is 4.79 Å². The number of amides is 1. The summed E-state index contributed by atoms with van der Waals surface area (Å²) in [6, 6.07) is 8.02. The quantitative estimate of drug-likeness (QED) is 0.268. The second kappa shape index (κ2) is 23.7. The lowest BCUT2D eigenvalue weighted by molar-refractivity contribution is 0.0240. The summed E-state index contributed by atoms with van der Waals surface area (Å²) in [4.78, 5) is 25.4. The van der Waals surface area contributed by atoms with Crippen LogP contribution in [0, 0.1) is 18.8 Å². The van der Waals surface area contributed by atoms with Crippen LogP contribution in [0.1, 0.15) is 132 Å². The first kappa shape index (κ1) is 43.4. The Balaban J connectivity index is 0.000000868. The molecule has 1 aliphatic heterocycles. The molecular formula is C39H67ClN4O2. The third kappa shape index (κ3) is 16.8. The van der Waals surface area contributed by atoms with Crippen molar-refractivity contribution in [1.82, 2.24) is 14.9 Å². The molecule has 3 rings (SSSR count). The molecule has 46 heavy (non-hydrogen) atoms. The molecule has 7 heteroatoms. The van der Waals surface area contributed by atoms with E-state index in [0.29, 0.717) is 19.0 Å². The van der Waals surface area contributed by atoms with Gasteiger partial charge in [-0.1, -0.05) is 111 Å². The molecular weight excluding hydrogens is 592 g/mol. The van der Waals surface area contributed by atoms with Crippen molar-refractivity contribution in [2.75, 3.05) is 31.1 Å². The molecule has 1 fully saturated rings. The van der Waals surface area contributed by atoms with Gasteiger partial charge >= 0.3 is 6.09 Å². The Bertz CT molecular complexity index is 1140. The van der Waals surface area contributed by atoms with Crippen molar-refractivity contribution >= 4 is 29.1 Å². The molecule has 1 saturated heterocycles. The molecule has 0 spiro atoms. The van der Waals surface area contributed by atoms with Gasteiger partial charge in [0.2, 0.25) is 0 Å². The summed E-state index contributed by atoms with van der Waals surface area (Å²) < 4.78 is 5.50. The van der Waals surface area contributed by atoms with Crippen molar-refractivity contribution in [3.63, 3.8) is 0 Å². The molecule has 1 atom stereocenters. The van der Waals surface area contributed by atoms with Crippen LogP contribution in [0.5, 0.6) is 0 Å². The third-order valence-electron chi connectivity index (χ3n) is 7.55. The number of benzene rings is 1. The largest absolute Gasteiger partial charge is 0.444 e. The van der Waals surface area contributed by atoms with Gasteiger partial charge in [0, 0.05) is 36.8 Å². The van der Waals surface area contributed by atoms with E-state index < -0.39 is 5.60 Å². The van der Waals surface area contributed by atoms with Gasteiger partial charge < -0.3 is 14.5 Å². The van der Waals surface area contributed by atoms with Crippen LogP contribution in [-0.4, -0.2) is 52.7 Å². The summed E-state index contributed by atoms with van der Waals surface area (Å²) in [6.07, 6.45) is 11.1. The highest BCUT2D eigenvalue weighted by Gasteiger charge is 2.28. The molecule has 6 nitrogen and oxygen atoms in total. The highest BCUT2D eigenvalue weighted by molar-refractivity contribution is 6.30. The van der Waals surface area contributed by atoms with Gasteiger partial charge in [-0.3, -0.25) is 0 Å². The Morgan fingerprint density at radius 3 is 2.11 bits per heavy atom. The number of allylic oxidation sites excluding steroid dienone is 2. The van der Waals surface area contributed by atoms with Gasteiger partial charge in [0.15, 0.2) is 0 Å². The van der Waals surface area contributed by atoms with Crippen LogP contribution in [-0.2, 0) is 11.2 Å². The number of hydrogen-bond acceptors (Lipinski definition) is 5. The molecule has 1 amide bonds. The topological polar surface area (TPSA) is 58.6 Å². The van der Waals surface area contributed by atoms with E-state index in [-0.39, 0.29) is 6.09 Å². The number of hydrogen-bond donors (Lipinski definition) is 0. The van der Waals surface area contributed by atoms with Gasteiger partial charge in [-0.2, -0.15) is 0 Å². The Morgan fingerprint density at radius 1 is 1.02 bits per heavy atom. The van der Waals surface area contributed by atoms with E-state index in [1.54, 1.807) is 11.2 Å². The van der Waals surface area contributed by atoms with Crippen molar-refractivity contribution in [1.29, 1.82) is 0 Å². The van der Waals surface area contributed by atoms with Crippen LogP contribution in [0.15, 0.2) is 36.7 Å². The molecule has 0 bridgehead atoms. The third-order valence-corrected chi connectivity index (χ3v) is 7.79. The lowest BCUT2D eigenvalue weighted by Gasteiger charge is -2.37. The summed E-state index contributed by atoms with van der Waals surface area (Å²) in [6.45, 7) is 29.9. The van der Waals surface area contributed by atoms with E-state index >= 15 is 0 Å². The van der Waals surface area contributed by atoms with Crippen LogP contribution in [0.2, 0.25) is 5.02 Å². The van der Waals surface area contributed by atoms with Crippen molar-refractivity contribution in [2.45, 2.75) is 134 Å². The molecule has 1 aliphatic rings. The van der Waals surface area contributed by atoms with E-state index in [1.165, 1.54) is 36.8 Å². The molecule has 0 saturated carbocycles. The number of ether oxygens (including phenoxy) is 1. The maximum absolute atomic E-state index is 12.3. The van der Waals surface area contributed by atoms with E-state index in [2.05, 4.69) is 75.5 Å². The first-order chi connectivity index (χ1) is 21.8. The second-order valence-electron chi connectivity index (χ2n) is 13.1. The number of carbonyl (C=O) groups excluding carboxylic acids is 1. The Morgan fingerprint density at radius 2 is 1.65 bits per heavy atom. The number of anilines is 1. The second-order valence-corrected chi connectivity index (χ2v) is 13.5. The minimum Gasteiger partial charge on any atom is -0.444 e. The molecule has 0 radical (unpaired) electrons. The van der Waals surface area contributed by atoms with Crippen molar-refractivity contribution in [2.24, 2.45) is 11.8 Å². The number of unbranched alkanes of at least 4 members (excludes halogenated alkanes) is 1. The monoisotopic (exact) mass is 658 g/mol. The van der Waals surface area contributed by atoms with Gasteiger partial charge in [-0.15, -0.1) is 0 Å². The van der Waals surface area contributed by atoms with E-state index in [4.69, 9.17) is 16.3 Å². The van der Waals surface area contributed by atoms with Crippen molar-refractivity contribution < 1.29 is 9.53 Å². The van der Waals surface area contributed by atoms with E-state index in [0.717, 1.165) is 53.9 Å². The fraction of sp³-hybridized carbons (Fsp3) is 0.667.